The average Bonchev–Trinajstić information content (AvgIpc) is 2.32. The topological polar surface area (TPSA) is 66.8 Å². The van der Waals surface area contributed by atoms with E-state index in [2.05, 4.69) is 4.74 Å². The van der Waals surface area contributed by atoms with Gasteiger partial charge in [0.2, 0.25) is 7.37 Å². The smallest absolute Gasteiger partial charge is 0.306 e. The van der Waals surface area contributed by atoms with Gasteiger partial charge in [-0.1, -0.05) is 0 Å². The highest BCUT2D eigenvalue weighted by atomic mass is 31.2. The molecule has 0 aromatic rings. The number of hydrogen-bond acceptors (Lipinski definition) is 4. The van der Waals surface area contributed by atoms with Crippen LogP contribution in [-0.2, 0) is 14.1 Å². The first kappa shape index (κ1) is 10.7. The first-order valence-electron chi connectivity index (χ1n) is 4.03. The van der Waals surface area contributed by atoms with Crippen LogP contribution < -0.4 is 0 Å². The first-order chi connectivity index (χ1) is 5.92. The van der Waals surface area contributed by atoms with E-state index in [-0.39, 0.29) is 25.3 Å². The fraction of sp³-hybridized carbons (Fsp3) is 0.857. The van der Waals surface area contributed by atoms with E-state index in [0.717, 1.165) is 0 Å². The second kappa shape index (κ2) is 3.78. The predicted octanol–water partition coefficient (Wildman–Crippen LogP) is 0.0914. The summed E-state index contributed by atoms with van der Waals surface area (Å²) in [5.41, 5.74) is -0.512. The molecule has 0 bridgehead atoms. The summed E-state index contributed by atoms with van der Waals surface area (Å²) >= 11 is 0. The normalized spacial score (nSPS) is 27.4. The van der Waals surface area contributed by atoms with Gasteiger partial charge in [-0.3, -0.25) is 9.36 Å². The molecule has 1 heterocycles. The molecule has 0 radical (unpaired) electrons. The summed E-state index contributed by atoms with van der Waals surface area (Å²) in [6, 6.07) is 0. The van der Waals surface area contributed by atoms with E-state index in [1.54, 1.807) is 19.0 Å². The molecule has 0 spiro atoms. The van der Waals surface area contributed by atoms with Crippen molar-refractivity contribution < 1.29 is 19.0 Å². The van der Waals surface area contributed by atoms with Crippen LogP contribution in [0.25, 0.3) is 0 Å². The molecule has 1 N–H and O–H groups in total. The van der Waals surface area contributed by atoms with Crippen molar-refractivity contribution in [1.82, 2.24) is 4.90 Å². The molecule has 76 valence electrons. The maximum Gasteiger partial charge on any atom is 0.306 e. The van der Waals surface area contributed by atoms with Crippen molar-refractivity contribution >= 4 is 13.3 Å². The lowest BCUT2D eigenvalue weighted by Gasteiger charge is -2.19. The summed E-state index contributed by atoms with van der Waals surface area (Å²) in [6.07, 6.45) is 0.177. The average molecular weight is 207 g/mol. The molecule has 0 saturated carbocycles. The molecular formula is C7H14NO4P. The molecular weight excluding hydrogens is 193 g/mol. The molecule has 1 fully saturated rings. The van der Waals surface area contributed by atoms with Crippen molar-refractivity contribution in [3.8, 4) is 0 Å². The Balaban J connectivity index is 2.59. The van der Waals surface area contributed by atoms with Crippen LogP contribution in [0.5, 0.6) is 0 Å². The van der Waals surface area contributed by atoms with Gasteiger partial charge in [-0.25, -0.2) is 0 Å². The first-order valence-corrected chi connectivity index (χ1v) is 5.95. The van der Waals surface area contributed by atoms with Crippen molar-refractivity contribution in [1.29, 1.82) is 0 Å². The Morgan fingerprint density at radius 3 is 2.69 bits per heavy atom. The standard InChI is InChI=1S/C7H14NO4P/c1-8(2)5-13(10,11)6-3-7(9)12-4-6/h6H,3-5H2,1-2H3,(H,10,11). The number of carbonyl (C=O) groups excluding carboxylic acids is 1. The lowest BCUT2D eigenvalue weighted by molar-refractivity contribution is -0.137. The van der Waals surface area contributed by atoms with Gasteiger partial charge >= 0.3 is 5.97 Å². The zero-order valence-corrected chi connectivity index (χ0v) is 8.66. The summed E-state index contributed by atoms with van der Waals surface area (Å²) in [6.45, 7) is 0.0838. The zero-order valence-electron chi connectivity index (χ0n) is 7.77. The summed E-state index contributed by atoms with van der Waals surface area (Å²) in [5.74, 6) is -0.377. The van der Waals surface area contributed by atoms with Gasteiger partial charge in [0.25, 0.3) is 0 Å². The highest BCUT2D eigenvalue weighted by Gasteiger charge is 2.38. The summed E-state index contributed by atoms with van der Waals surface area (Å²) in [7, 11) is 0.192. The second-order valence-electron chi connectivity index (χ2n) is 3.52. The van der Waals surface area contributed by atoms with Gasteiger partial charge in [0.05, 0.1) is 18.4 Å². The van der Waals surface area contributed by atoms with Crippen LogP contribution in [0.3, 0.4) is 0 Å². The molecule has 6 heteroatoms. The van der Waals surface area contributed by atoms with Crippen LogP contribution in [0.1, 0.15) is 6.42 Å². The molecule has 0 amide bonds. The van der Waals surface area contributed by atoms with Crippen molar-refractivity contribution in [3.05, 3.63) is 0 Å². The molecule has 1 saturated heterocycles. The molecule has 13 heavy (non-hydrogen) atoms. The van der Waals surface area contributed by atoms with E-state index in [1.807, 2.05) is 0 Å². The lowest BCUT2D eigenvalue weighted by Crippen LogP contribution is -2.20. The Bertz CT molecular complexity index is 253. The lowest BCUT2D eigenvalue weighted by atomic mass is 10.4. The Labute approximate surface area is 77.1 Å². The molecule has 0 aromatic heterocycles. The Morgan fingerprint density at radius 1 is 1.69 bits per heavy atom. The monoisotopic (exact) mass is 207 g/mol. The van der Waals surface area contributed by atoms with Gasteiger partial charge in [-0.05, 0) is 14.1 Å². The molecule has 1 rings (SSSR count). The number of carbonyl (C=O) groups is 1. The summed E-state index contributed by atoms with van der Waals surface area (Å²) in [5, 5.41) is 0. The van der Waals surface area contributed by atoms with Crippen molar-refractivity contribution in [2.75, 3.05) is 27.0 Å². The third-order valence-corrected chi connectivity index (χ3v) is 4.34. The van der Waals surface area contributed by atoms with Gasteiger partial charge < -0.3 is 14.5 Å². The molecule has 0 aromatic carbocycles. The van der Waals surface area contributed by atoms with Crippen molar-refractivity contribution in [2.45, 2.75) is 12.1 Å². The van der Waals surface area contributed by atoms with E-state index in [9.17, 15) is 14.3 Å². The highest BCUT2D eigenvalue weighted by Crippen LogP contribution is 2.49. The largest absolute Gasteiger partial charge is 0.465 e. The maximum absolute atomic E-state index is 11.7. The predicted molar refractivity (Wildman–Crippen MR) is 47.7 cm³/mol. The number of nitrogens with zero attached hydrogens (tertiary/aromatic N) is 1. The van der Waals surface area contributed by atoms with Crippen molar-refractivity contribution in [2.24, 2.45) is 0 Å². The minimum absolute atomic E-state index is 0.0710. The van der Waals surface area contributed by atoms with Gasteiger partial charge in [0.1, 0.15) is 6.61 Å². The van der Waals surface area contributed by atoms with Gasteiger partial charge in [0, 0.05) is 0 Å². The number of hydrogen-bond donors (Lipinski definition) is 1. The second-order valence-corrected chi connectivity index (χ2v) is 6.04. The fourth-order valence-corrected chi connectivity index (χ4v) is 3.06. The van der Waals surface area contributed by atoms with E-state index >= 15 is 0 Å². The molecule has 2 unspecified atom stereocenters. The van der Waals surface area contributed by atoms with Gasteiger partial charge in [0.15, 0.2) is 0 Å². The summed E-state index contributed by atoms with van der Waals surface area (Å²) in [4.78, 5) is 21.9. The highest BCUT2D eigenvalue weighted by molar-refractivity contribution is 7.58. The number of esters is 1. The molecule has 1 aliphatic heterocycles. The van der Waals surface area contributed by atoms with Crippen LogP contribution in [0, 0.1) is 0 Å². The number of cyclic esters (lactones) is 1. The Kier molecular flexibility index (Phi) is 3.11. The fourth-order valence-electron chi connectivity index (χ4n) is 1.28. The molecule has 1 aliphatic rings. The summed E-state index contributed by atoms with van der Waals surface area (Å²) < 4.78 is 16.3. The Morgan fingerprint density at radius 2 is 2.31 bits per heavy atom. The van der Waals surface area contributed by atoms with Crippen LogP contribution in [0.15, 0.2) is 0 Å². The van der Waals surface area contributed by atoms with Gasteiger partial charge in [-0.15, -0.1) is 0 Å². The van der Waals surface area contributed by atoms with E-state index in [4.69, 9.17) is 0 Å². The minimum Gasteiger partial charge on any atom is -0.465 e. The number of rotatable bonds is 3. The van der Waals surface area contributed by atoms with Crippen LogP contribution >= 0.6 is 7.37 Å². The zero-order chi connectivity index (χ0) is 10.1. The van der Waals surface area contributed by atoms with Crippen LogP contribution in [0.4, 0.5) is 0 Å². The number of ether oxygens (including phenoxy) is 1. The molecule has 0 aliphatic carbocycles. The third-order valence-electron chi connectivity index (χ3n) is 1.90. The van der Waals surface area contributed by atoms with Crippen molar-refractivity contribution in [3.63, 3.8) is 0 Å². The van der Waals surface area contributed by atoms with E-state index in [1.165, 1.54) is 0 Å². The van der Waals surface area contributed by atoms with Crippen LogP contribution in [0.2, 0.25) is 0 Å². The molecule has 2 atom stereocenters. The quantitative estimate of drug-likeness (QED) is 0.524. The van der Waals surface area contributed by atoms with Crippen LogP contribution in [-0.4, -0.2) is 48.4 Å². The Hall–Kier alpha value is -0.380. The maximum atomic E-state index is 11.7. The SMILES string of the molecule is CN(C)CP(=O)(O)C1COC(=O)C1. The minimum atomic E-state index is -3.25. The third kappa shape index (κ3) is 2.79. The van der Waals surface area contributed by atoms with Gasteiger partial charge in [-0.2, -0.15) is 0 Å². The van der Waals surface area contributed by atoms with E-state index in [0.29, 0.717) is 0 Å². The molecule has 5 nitrogen and oxygen atoms in total. The van der Waals surface area contributed by atoms with E-state index < -0.39 is 13.0 Å².